The second-order valence-corrected chi connectivity index (χ2v) is 5.16. The summed E-state index contributed by atoms with van der Waals surface area (Å²) < 4.78 is 11.2. The van der Waals surface area contributed by atoms with Crippen LogP contribution in [0.25, 0.3) is 0 Å². The highest BCUT2D eigenvalue weighted by Gasteiger charge is 1.98. The summed E-state index contributed by atoms with van der Waals surface area (Å²) in [6, 6.07) is 5.79. The van der Waals surface area contributed by atoms with Crippen LogP contribution < -0.4 is 10.6 Å². The number of aromatic nitrogens is 1. The molecular formula is C11H19N3OS. The number of rotatable bonds is 7. The molecular weight excluding hydrogens is 222 g/mol. The molecule has 4 nitrogen and oxygen atoms in total. The van der Waals surface area contributed by atoms with Gasteiger partial charge in [-0.3, -0.25) is 4.21 Å². The molecule has 0 aromatic carbocycles. The first-order chi connectivity index (χ1) is 7.76. The first-order valence-electron chi connectivity index (χ1n) is 5.56. The van der Waals surface area contributed by atoms with Crippen LogP contribution in [0.5, 0.6) is 0 Å². The largest absolute Gasteiger partial charge is 0.370 e. The maximum Gasteiger partial charge on any atom is 0.128 e. The molecule has 0 fully saturated rings. The molecule has 5 heteroatoms. The Kier molecular flexibility index (Phi) is 5.85. The van der Waals surface area contributed by atoms with Crippen LogP contribution in [0.4, 0.5) is 11.6 Å². The molecule has 1 atom stereocenters. The van der Waals surface area contributed by atoms with Gasteiger partial charge in [-0.1, -0.05) is 13.0 Å². The topological polar surface area (TPSA) is 54.0 Å². The van der Waals surface area contributed by atoms with Crippen LogP contribution in [-0.4, -0.2) is 33.8 Å². The smallest absolute Gasteiger partial charge is 0.128 e. The number of pyridine rings is 1. The van der Waals surface area contributed by atoms with Crippen molar-refractivity contribution in [2.45, 2.75) is 13.8 Å². The van der Waals surface area contributed by atoms with Gasteiger partial charge in [-0.25, -0.2) is 4.98 Å². The number of hydrogen-bond acceptors (Lipinski definition) is 4. The predicted octanol–water partition coefficient (Wildman–Crippen LogP) is 1.69. The molecule has 1 aromatic rings. The van der Waals surface area contributed by atoms with Gasteiger partial charge in [0.2, 0.25) is 0 Å². The van der Waals surface area contributed by atoms with Gasteiger partial charge in [0, 0.05) is 35.4 Å². The minimum absolute atomic E-state index is 0.670. The molecule has 0 saturated carbocycles. The predicted molar refractivity (Wildman–Crippen MR) is 70.4 cm³/mol. The first-order valence-corrected chi connectivity index (χ1v) is 7.04. The van der Waals surface area contributed by atoms with Crippen LogP contribution in [-0.2, 0) is 10.8 Å². The van der Waals surface area contributed by atoms with Gasteiger partial charge in [-0.05, 0) is 19.1 Å². The third-order valence-electron chi connectivity index (χ3n) is 2.06. The molecule has 0 amide bonds. The molecule has 0 bridgehead atoms. The SMILES string of the molecule is CCNc1cccc(NCCS(=O)CC)n1. The average Bonchev–Trinajstić information content (AvgIpc) is 2.30. The van der Waals surface area contributed by atoms with Crippen molar-refractivity contribution in [1.29, 1.82) is 0 Å². The minimum Gasteiger partial charge on any atom is -0.370 e. The lowest BCUT2D eigenvalue weighted by Gasteiger charge is -2.07. The summed E-state index contributed by atoms with van der Waals surface area (Å²) in [5.74, 6) is 3.08. The molecule has 0 spiro atoms. The molecule has 0 aliphatic carbocycles. The highest BCUT2D eigenvalue weighted by atomic mass is 32.2. The van der Waals surface area contributed by atoms with E-state index in [9.17, 15) is 4.21 Å². The van der Waals surface area contributed by atoms with E-state index in [1.54, 1.807) is 0 Å². The van der Waals surface area contributed by atoms with E-state index in [2.05, 4.69) is 15.6 Å². The van der Waals surface area contributed by atoms with Crippen molar-refractivity contribution in [3.8, 4) is 0 Å². The quantitative estimate of drug-likeness (QED) is 0.763. The van der Waals surface area contributed by atoms with Gasteiger partial charge in [-0.2, -0.15) is 0 Å². The molecule has 0 aliphatic heterocycles. The van der Waals surface area contributed by atoms with E-state index in [0.717, 1.165) is 18.2 Å². The van der Waals surface area contributed by atoms with Crippen LogP contribution in [0, 0.1) is 0 Å². The summed E-state index contributed by atoms with van der Waals surface area (Å²) >= 11 is 0. The Hall–Kier alpha value is -1.10. The highest BCUT2D eigenvalue weighted by Crippen LogP contribution is 2.08. The normalized spacial score (nSPS) is 12.1. The van der Waals surface area contributed by atoms with Gasteiger partial charge < -0.3 is 10.6 Å². The number of anilines is 2. The monoisotopic (exact) mass is 241 g/mol. The van der Waals surface area contributed by atoms with Crippen LogP contribution in [0.2, 0.25) is 0 Å². The lowest BCUT2D eigenvalue weighted by atomic mass is 10.4. The third-order valence-corrected chi connectivity index (χ3v) is 3.37. The van der Waals surface area contributed by atoms with Gasteiger partial charge in [0.15, 0.2) is 0 Å². The van der Waals surface area contributed by atoms with Crippen molar-refractivity contribution in [3.63, 3.8) is 0 Å². The minimum atomic E-state index is -0.715. The summed E-state index contributed by atoms with van der Waals surface area (Å²) in [5.41, 5.74) is 0. The highest BCUT2D eigenvalue weighted by molar-refractivity contribution is 7.84. The van der Waals surface area contributed by atoms with E-state index in [-0.39, 0.29) is 0 Å². The zero-order valence-electron chi connectivity index (χ0n) is 9.82. The van der Waals surface area contributed by atoms with E-state index < -0.39 is 10.8 Å². The van der Waals surface area contributed by atoms with E-state index in [0.29, 0.717) is 18.1 Å². The zero-order chi connectivity index (χ0) is 11.8. The molecule has 1 aromatic heterocycles. The molecule has 0 saturated heterocycles. The van der Waals surface area contributed by atoms with Crippen LogP contribution in [0.15, 0.2) is 18.2 Å². The fourth-order valence-corrected chi connectivity index (χ4v) is 1.87. The molecule has 16 heavy (non-hydrogen) atoms. The van der Waals surface area contributed by atoms with E-state index >= 15 is 0 Å². The standard InChI is InChI=1S/C11H19N3OS/c1-3-12-10-6-5-7-11(14-10)13-8-9-16(15)4-2/h5-7H,3-4,8-9H2,1-2H3,(H2,12,13,14). The molecule has 0 aliphatic rings. The van der Waals surface area contributed by atoms with Crippen LogP contribution >= 0.6 is 0 Å². The van der Waals surface area contributed by atoms with Crippen molar-refractivity contribution in [3.05, 3.63) is 18.2 Å². The molecule has 2 N–H and O–H groups in total. The van der Waals surface area contributed by atoms with Crippen molar-refractivity contribution >= 4 is 22.4 Å². The summed E-state index contributed by atoms with van der Waals surface area (Å²) in [6.07, 6.45) is 0. The summed E-state index contributed by atoms with van der Waals surface area (Å²) in [4.78, 5) is 4.36. The Bertz CT molecular complexity index is 344. The Morgan fingerprint density at radius 1 is 1.25 bits per heavy atom. The van der Waals surface area contributed by atoms with Crippen LogP contribution in [0.1, 0.15) is 13.8 Å². The lowest BCUT2D eigenvalue weighted by molar-refractivity contribution is 0.684. The van der Waals surface area contributed by atoms with Crippen molar-refractivity contribution in [2.75, 3.05) is 35.2 Å². The summed E-state index contributed by atoms with van der Waals surface area (Å²) in [6.45, 7) is 5.52. The molecule has 90 valence electrons. The van der Waals surface area contributed by atoms with Crippen molar-refractivity contribution in [2.24, 2.45) is 0 Å². The van der Waals surface area contributed by atoms with Gasteiger partial charge in [-0.15, -0.1) is 0 Å². The number of nitrogens with zero attached hydrogens (tertiary/aromatic N) is 1. The molecule has 0 radical (unpaired) electrons. The van der Waals surface area contributed by atoms with E-state index in [1.807, 2.05) is 32.0 Å². The average molecular weight is 241 g/mol. The van der Waals surface area contributed by atoms with Gasteiger partial charge >= 0.3 is 0 Å². The number of nitrogens with one attached hydrogen (secondary N) is 2. The van der Waals surface area contributed by atoms with Crippen molar-refractivity contribution in [1.82, 2.24) is 4.98 Å². The van der Waals surface area contributed by atoms with E-state index in [4.69, 9.17) is 0 Å². The van der Waals surface area contributed by atoms with Gasteiger partial charge in [0.1, 0.15) is 11.6 Å². The van der Waals surface area contributed by atoms with Crippen molar-refractivity contribution < 1.29 is 4.21 Å². The maximum absolute atomic E-state index is 11.2. The first kappa shape index (κ1) is 13.0. The van der Waals surface area contributed by atoms with E-state index in [1.165, 1.54) is 0 Å². The fourth-order valence-electron chi connectivity index (χ4n) is 1.25. The molecule has 1 rings (SSSR count). The third kappa shape index (κ3) is 4.61. The molecule has 1 unspecified atom stereocenters. The Labute approximate surface area is 99.3 Å². The summed E-state index contributed by atoms with van der Waals surface area (Å²) in [5, 5.41) is 6.31. The second kappa shape index (κ2) is 7.22. The zero-order valence-corrected chi connectivity index (χ0v) is 10.6. The fraction of sp³-hybridized carbons (Fsp3) is 0.545. The Morgan fingerprint density at radius 2 is 1.94 bits per heavy atom. The maximum atomic E-state index is 11.2. The van der Waals surface area contributed by atoms with Crippen LogP contribution in [0.3, 0.4) is 0 Å². The molecule has 1 heterocycles. The van der Waals surface area contributed by atoms with Gasteiger partial charge in [0.05, 0.1) is 0 Å². The summed E-state index contributed by atoms with van der Waals surface area (Å²) in [7, 11) is -0.715. The van der Waals surface area contributed by atoms with Gasteiger partial charge in [0.25, 0.3) is 0 Å². The Morgan fingerprint density at radius 3 is 2.56 bits per heavy atom. The lowest BCUT2D eigenvalue weighted by Crippen LogP contribution is -2.13. The Balaban J connectivity index is 2.41. The second-order valence-electron chi connectivity index (χ2n) is 3.30. The number of hydrogen-bond donors (Lipinski definition) is 2.